The van der Waals surface area contributed by atoms with E-state index >= 15 is 0 Å². The molecular weight excluding hydrogens is 296 g/mol. The van der Waals surface area contributed by atoms with Crippen molar-refractivity contribution in [2.75, 3.05) is 0 Å². The highest BCUT2D eigenvalue weighted by Gasteiger charge is 2.60. The molecule has 2 nitrogen and oxygen atoms in total. The highest BCUT2D eigenvalue weighted by atomic mass is 16.3. The van der Waals surface area contributed by atoms with Gasteiger partial charge in [-0.1, -0.05) is 37.0 Å². The lowest BCUT2D eigenvalue weighted by Crippen LogP contribution is -2.49. The Morgan fingerprint density at radius 3 is 2.88 bits per heavy atom. The number of hydrogen-bond acceptors (Lipinski definition) is 2. The second-order valence-corrected chi connectivity index (χ2v) is 8.66. The van der Waals surface area contributed by atoms with Crippen molar-refractivity contribution in [2.45, 2.75) is 64.9 Å². The van der Waals surface area contributed by atoms with Crippen LogP contribution in [0, 0.1) is 40.9 Å². The van der Waals surface area contributed by atoms with Gasteiger partial charge in [0.15, 0.2) is 5.78 Å². The smallest absolute Gasteiger partial charge is 0.158 e. The van der Waals surface area contributed by atoms with Gasteiger partial charge in [-0.25, -0.2) is 0 Å². The predicted molar refractivity (Wildman–Crippen MR) is 95.0 cm³/mol. The van der Waals surface area contributed by atoms with Gasteiger partial charge in [0.2, 0.25) is 0 Å². The Bertz CT molecular complexity index is 703. The molecule has 1 unspecified atom stereocenters. The zero-order valence-electron chi connectivity index (χ0n) is 15.1. The number of carbonyl (C=O) groups excluding carboxylic acids is 1. The average molecular weight is 324 g/mol. The largest absolute Gasteiger partial charge is 0.377 e. The van der Waals surface area contributed by atoms with E-state index in [0.29, 0.717) is 23.5 Å². The Labute approximate surface area is 145 Å². The minimum Gasteiger partial charge on any atom is -0.377 e. The summed E-state index contributed by atoms with van der Waals surface area (Å²) in [6.07, 6.45) is 10.3. The molecule has 128 valence electrons. The molecule has 0 aliphatic heterocycles. The summed E-state index contributed by atoms with van der Waals surface area (Å²) in [5, 5.41) is 11.2. The van der Waals surface area contributed by atoms with Crippen LogP contribution in [0.3, 0.4) is 0 Å². The van der Waals surface area contributed by atoms with Crippen molar-refractivity contribution >= 4 is 5.78 Å². The van der Waals surface area contributed by atoms with Crippen LogP contribution in [0.4, 0.5) is 0 Å². The second-order valence-electron chi connectivity index (χ2n) is 8.66. The molecule has 0 aromatic heterocycles. The van der Waals surface area contributed by atoms with Crippen LogP contribution < -0.4 is 0 Å². The maximum atomic E-state index is 12.1. The van der Waals surface area contributed by atoms with E-state index in [0.717, 1.165) is 38.5 Å². The molecule has 0 aromatic carbocycles. The minimum atomic E-state index is -0.833. The lowest BCUT2D eigenvalue weighted by atomic mass is 9.54. The summed E-state index contributed by atoms with van der Waals surface area (Å²) in [4.78, 5) is 12.1. The van der Waals surface area contributed by atoms with Gasteiger partial charge in [-0.3, -0.25) is 4.79 Å². The van der Waals surface area contributed by atoms with Gasteiger partial charge in [0, 0.05) is 17.3 Å². The molecule has 2 fully saturated rings. The topological polar surface area (TPSA) is 37.3 Å². The Morgan fingerprint density at radius 2 is 2.12 bits per heavy atom. The third-order valence-electron chi connectivity index (χ3n) is 7.58. The summed E-state index contributed by atoms with van der Waals surface area (Å²) in [6.45, 7) is 6.15. The highest BCUT2D eigenvalue weighted by molar-refractivity contribution is 5.93. The molecule has 0 heterocycles. The van der Waals surface area contributed by atoms with Crippen LogP contribution in [-0.2, 0) is 4.79 Å². The maximum absolute atomic E-state index is 12.1. The average Bonchev–Trinajstić information content (AvgIpc) is 2.81. The number of ketones is 1. The van der Waals surface area contributed by atoms with Gasteiger partial charge in [-0.2, -0.15) is 0 Å². The summed E-state index contributed by atoms with van der Waals surface area (Å²) >= 11 is 0. The minimum absolute atomic E-state index is 0.124. The van der Waals surface area contributed by atoms with Crippen LogP contribution in [0.15, 0.2) is 23.3 Å². The van der Waals surface area contributed by atoms with Gasteiger partial charge in [-0.05, 0) is 63.4 Å². The molecule has 4 aliphatic carbocycles. The van der Waals surface area contributed by atoms with Crippen molar-refractivity contribution in [3.63, 3.8) is 0 Å². The van der Waals surface area contributed by atoms with E-state index in [1.54, 1.807) is 5.57 Å². The molecule has 0 radical (unpaired) electrons. The highest BCUT2D eigenvalue weighted by Crippen LogP contribution is 2.62. The van der Waals surface area contributed by atoms with E-state index in [-0.39, 0.29) is 11.3 Å². The second kappa shape index (κ2) is 5.33. The van der Waals surface area contributed by atoms with E-state index in [1.807, 2.05) is 13.0 Å². The molecule has 6 atom stereocenters. The fraction of sp³-hybridized carbons (Fsp3) is 0.682. The molecule has 1 N–H and O–H groups in total. The number of aliphatic hydroxyl groups is 1. The normalized spacial score (nSPS) is 46.8. The van der Waals surface area contributed by atoms with Crippen LogP contribution in [0.2, 0.25) is 0 Å². The van der Waals surface area contributed by atoms with Crippen molar-refractivity contribution in [3.05, 3.63) is 23.3 Å². The first-order valence-electron chi connectivity index (χ1n) is 9.50. The fourth-order valence-corrected chi connectivity index (χ4v) is 6.10. The van der Waals surface area contributed by atoms with Crippen molar-refractivity contribution in [1.82, 2.24) is 0 Å². The molecule has 0 saturated heterocycles. The summed E-state index contributed by atoms with van der Waals surface area (Å²) in [5.41, 5.74) is 1.98. The van der Waals surface area contributed by atoms with Crippen molar-refractivity contribution < 1.29 is 9.90 Å². The number of rotatable bonds is 0. The first-order chi connectivity index (χ1) is 11.4. The molecular formula is C22H28O2. The Balaban J connectivity index is 1.72. The van der Waals surface area contributed by atoms with E-state index in [2.05, 4.69) is 31.8 Å². The summed E-state index contributed by atoms with van der Waals surface area (Å²) in [5.74, 6) is 8.15. The predicted octanol–water partition coefficient (Wildman–Crippen LogP) is 4.05. The van der Waals surface area contributed by atoms with Crippen LogP contribution in [0.25, 0.3) is 0 Å². The summed E-state index contributed by atoms with van der Waals surface area (Å²) in [6, 6.07) is 0. The Hall–Kier alpha value is -1.33. The van der Waals surface area contributed by atoms with E-state index in [9.17, 15) is 9.90 Å². The number of fused-ring (bicyclic) bond motifs is 5. The molecule has 24 heavy (non-hydrogen) atoms. The molecule has 0 aromatic rings. The van der Waals surface area contributed by atoms with Crippen LogP contribution in [0.1, 0.15) is 59.3 Å². The number of hydrogen-bond donors (Lipinski definition) is 1. The third-order valence-corrected chi connectivity index (χ3v) is 7.58. The van der Waals surface area contributed by atoms with E-state index in [4.69, 9.17) is 0 Å². The first-order valence-corrected chi connectivity index (χ1v) is 9.50. The van der Waals surface area contributed by atoms with E-state index in [1.165, 1.54) is 5.57 Å². The molecule has 0 spiro atoms. The summed E-state index contributed by atoms with van der Waals surface area (Å²) < 4.78 is 0. The van der Waals surface area contributed by atoms with Crippen molar-refractivity contribution in [2.24, 2.45) is 29.1 Å². The van der Waals surface area contributed by atoms with Gasteiger partial charge in [0.05, 0.1) is 0 Å². The molecule has 4 rings (SSSR count). The third kappa shape index (κ3) is 2.04. The van der Waals surface area contributed by atoms with Gasteiger partial charge < -0.3 is 5.11 Å². The molecule has 0 amide bonds. The molecule has 4 aliphatic rings. The Kier molecular flexibility index (Phi) is 3.59. The van der Waals surface area contributed by atoms with Gasteiger partial charge >= 0.3 is 0 Å². The lowest BCUT2D eigenvalue weighted by molar-refractivity contribution is -0.118. The van der Waals surface area contributed by atoms with Gasteiger partial charge in [0.1, 0.15) is 5.60 Å². The zero-order chi connectivity index (χ0) is 17.1. The van der Waals surface area contributed by atoms with Crippen LogP contribution in [0.5, 0.6) is 0 Å². The fourth-order valence-electron chi connectivity index (χ4n) is 6.10. The summed E-state index contributed by atoms with van der Waals surface area (Å²) in [7, 11) is 0. The molecule has 2 heteroatoms. The van der Waals surface area contributed by atoms with Crippen LogP contribution in [-0.4, -0.2) is 16.5 Å². The Morgan fingerprint density at radius 1 is 1.33 bits per heavy atom. The number of carbonyl (C=O) groups is 1. The lowest BCUT2D eigenvalue weighted by Gasteiger charge is -2.50. The molecule has 2 saturated carbocycles. The number of allylic oxidation sites excluding steroid dienone is 4. The van der Waals surface area contributed by atoms with E-state index < -0.39 is 5.60 Å². The van der Waals surface area contributed by atoms with Crippen molar-refractivity contribution in [1.29, 1.82) is 0 Å². The maximum Gasteiger partial charge on any atom is 0.158 e. The first kappa shape index (κ1) is 16.2. The van der Waals surface area contributed by atoms with Gasteiger partial charge in [-0.15, -0.1) is 5.92 Å². The SMILES string of the molecule is CC#C[C@]1(O)CC[C@H]2[C@@H]3CCC4=CC(=O)C(C)C[C@@H]4C3=CC[C@@]21C. The quantitative estimate of drug-likeness (QED) is 0.539. The van der Waals surface area contributed by atoms with Crippen LogP contribution >= 0.6 is 0 Å². The monoisotopic (exact) mass is 324 g/mol. The van der Waals surface area contributed by atoms with Crippen molar-refractivity contribution in [3.8, 4) is 11.8 Å². The standard InChI is InChI=1S/C22H28O2/c1-4-9-22(24)11-8-19-17-6-5-15-13-20(23)14(2)12-18(15)16(17)7-10-21(19,22)3/h7,13-14,17-19,24H,5-6,8,10-12H2,1-3H3/t14?,17-,18+,19+,21+,22+/m1/s1. The molecule has 0 bridgehead atoms. The zero-order valence-corrected chi connectivity index (χ0v) is 15.1. The van der Waals surface area contributed by atoms with Gasteiger partial charge in [0.25, 0.3) is 0 Å².